The van der Waals surface area contributed by atoms with Crippen molar-refractivity contribution in [3.8, 4) is 11.5 Å². The van der Waals surface area contributed by atoms with Crippen LogP contribution in [0.3, 0.4) is 0 Å². The smallest absolute Gasteiger partial charge is 0.437 e. The molecule has 2 unspecified atom stereocenters. The monoisotopic (exact) mass is 1010 g/mol. The highest BCUT2D eigenvalue weighted by molar-refractivity contribution is 5.86. The number of hydrogen-bond donors (Lipinski definition) is 3. The van der Waals surface area contributed by atoms with Crippen LogP contribution in [0.1, 0.15) is 152 Å². The highest BCUT2D eigenvalue weighted by atomic mass is 19.4. The van der Waals surface area contributed by atoms with Gasteiger partial charge in [-0.15, -0.1) is 0 Å². The van der Waals surface area contributed by atoms with Gasteiger partial charge < -0.3 is 44.2 Å². The third kappa shape index (κ3) is 20.0. The molecule has 0 bridgehead atoms. The zero-order valence-electron chi connectivity index (χ0n) is 41.5. The zero-order chi connectivity index (χ0) is 52.7. The lowest BCUT2D eigenvalue weighted by Crippen LogP contribution is -2.47. The van der Waals surface area contributed by atoms with Crippen LogP contribution in [-0.2, 0) is 53.8 Å². The van der Waals surface area contributed by atoms with Crippen LogP contribution in [-0.4, -0.2) is 75.7 Å². The lowest BCUT2D eigenvalue weighted by Gasteiger charge is -2.26. The molecule has 0 spiro atoms. The van der Waals surface area contributed by atoms with E-state index in [4.69, 9.17) is 38.8 Å². The Morgan fingerprint density at radius 3 is 1.41 bits per heavy atom. The van der Waals surface area contributed by atoms with Crippen LogP contribution in [0.2, 0.25) is 0 Å². The van der Waals surface area contributed by atoms with E-state index in [0.717, 1.165) is 0 Å². The number of carboxylic acid groups (broad SMARTS) is 1. The van der Waals surface area contributed by atoms with Gasteiger partial charge in [-0.05, 0) is 103 Å². The molecule has 396 valence electrons. The number of nitrogens with one attached hydrogen (secondary N) is 1. The average molecular weight is 1010 g/mol. The Kier molecular flexibility index (Phi) is 24.2. The number of carbonyl (C=O) groups is 4. The lowest BCUT2D eigenvalue weighted by atomic mass is 10.0. The first-order valence-corrected chi connectivity index (χ1v) is 22.8. The van der Waals surface area contributed by atoms with Gasteiger partial charge in [0.2, 0.25) is 5.91 Å². The van der Waals surface area contributed by atoms with E-state index >= 15 is 0 Å². The second-order valence-corrected chi connectivity index (χ2v) is 18.8. The Morgan fingerprint density at radius 2 is 1.07 bits per heavy atom. The molecule has 15 nitrogen and oxygen atoms in total. The summed E-state index contributed by atoms with van der Waals surface area (Å²) in [6.45, 7) is 22.3. The van der Waals surface area contributed by atoms with Gasteiger partial charge in [0.05, 0.1) is 24.0 Å². The first-order valence-electron chi connectivity index (χ1n) is 22.8. The van der Waals surface area contributed by atoms with Gasteiger partial charge in [0.1, 0.15) is 34.8 Å². The molecule has 0 radical (unpaired) electrons. The molecule has 0 aliphatic rings. The number of esters is 2. The summed E-state index contributed by atoms with van der Waals surface area (Å²) in [6, 6.07) is 4.19. The molecule has 0 aliphatic carbocycles. The number of aliphatic carboxylic acids is 1. The second kappa shape index (κ2) is 27.1. The number of carbonyl (C=O) groups excluding carboxylic acids is 3. The fraction of sp³-hybridized carbons (Fsp3) is 0.633. The normalized spacial score (nSPS) is 12.8. The topological polar surface area (TPSA) is 216 Å². The SMILES string of the molecule is C.CC(C)C(N)C(=O)OC(C)(C)C.CCCc1c(OCCCC(=O)NC(C(=O)OC(C)(C)C)C(C)C)ccc2c(C(F)(F)F)noc12.CCCc1c(OCCCC(=O)O)ccc2c(C(F)(F)F)noc12. The number of nitrogens with zero attached hydrogens (tertiary/aromatic N) is 2. The lowest BCUT2D eigenvalue weighted by molar-refractivity contribution is -0.160. The van der Waals surface area contributed by atoms with Gasteiger partial charge in [0.25, 0.3) is 0 Å². The van der Waals surface area contributed by atoms with Crippen LogP contribution < -0.4 is 20.5 Å². The minimum absolute atomic E-state index is 0. The van der Waals surface area contributed by atoms with Crippen LogP contribution in [0.5, 0.6) is 11.5 Å². The summed E-state index contributed by atoms with van der Waals surface area (Å²) in [5.74, 6) is -1.29. The predicted molar refractivity (Wildman–Crippen MR) is 251 cm³/mol. The number of hydrogen-bond acceptors (Lipinski definition) is 13. The van der Waals surface area contributed by atoms with E-state index in [2.05, 4.69) is 15.6 Å². The molecule has 70 heavy (non-hydrogen) atoms. The minimum Gasteiger partial charge on any atom is -0.493 e. The van der Waals surface area contributed by atoms with Gasteiger partial charge in [0, 0.05) is 24.0 Å². The molecular formula is C49H72F6N4O11. The highest BCUT2D eigenvalue weighted by Crippen LogP contribution is 2.39. The third-order valence-corrected chi connectivity index (χ3v) is 9.58. The fourth-order valence-electron chi connectivity index (χ4n) is 6.31. The van der Waals surface area contributed by atoms with Crippen LogP contribution in [0, 0.1) is 11.8 Å². The summed E-state index contributed by atoms with van der Waals surface area (Å²) in [7, 11) is 0. The van der Waals surface area contributed by atoms with Crippen molar-refractivity contribution in [2.75, 3.05) is 13.2 Å². The van der Waals surface area contributed by atoms with E-state index in [-0.39, 0.29) is 79.1 Å². The summed E-state index contributed by atoms with van der Waals surface area (Å²) >= 11 is 0. The van der Waals surface area contributed by atoms with Gasteiger partial charge in [-0.1, -0.05) is 72.1 Å². The number of halogens is 6. The quantitative estimate of drug-likeness (QED) is 0.0453. The molecule has 4 rings (SSSR count). The van der Waals surface area contributed by atoms with Crippen molar-refractivity contribution in [3.63, 3.8) is 0 Å². The van der Waals surface area contributed by atoms with Gasteiger partial charge >= 0.3 is 30.3 Å². The van der Waals surface area contributed by atoms with Crippen molar-refractivity contribution in [2.45, 2.75) is 178 Å². The van der Waals surface area contributed by atoms with Crippen LogP contribution in [0.15, 0.2) is 33.3 Å². The Balaban J connectivity index is 0.000000585. The number of nitrogens with two attached hydrogens (primary N) is 1. The Hall–Kier alpha value is -5.60. The van der Waals surface area contributed by atoms with Crippen molar-refractivity contribution >= 4 is 45.8 Å². The maximum atomic E-state index is 13.1. The Bertz CT molecular complexity index is 2290. The molecule has 4 aromatic rings. The Morgan fingerprint density at radius 1 is 0.671 bits per heavy atom. The van der Waals surface area contributed by atoms with Gasteiger partial charge in [-0.2, -0.15) is 26.3 Å². The van der Waals surface area contributed by atoms with Gasteiger partial charge in [0.15, 0.2) is 22.6 Å². The minimum atomic E-state index is -4.61. The average Bonchev–Trinajstić information content (AvgIpc) is 3.86. The molecule has 0 aliphatic heterocycles. The summed E-state index contributed by atoms with van der Waals surface area (Å²) in [5.41, 5.74) is 3.52. The Labute approximate surface area is 405 Å². The number of alkyl halides is 6. The van der Waals surface area contributed by atoms with Crippen molar-refractivity contribution < 1.29 is 78.6 Å². The second-order valence-electron chi connectivity index (χ2n) is 18.8. The summed E-state index contributed by atoms with van der Waals surface area (Å²) in [6.07, 6.45) is -6.19. The van der Waals surface area contributed by atoms with Crippen molar-refractivity contribution in [3.05, 3.63) is 46.8 Å². The molecule has 1 amide bonds. The third-order valence-electron chi connectivity index (χ3n) is 9.58. The van der Waals surface area contributed by atoms with E-state index in [0.29, 0.717) is 61.2 Å². The van der Waals surface area contributed by atoms with E-state index in [1.54, 1.807) is 20.8 Å². The summed E-state index contributed by atoms with van der Waals surface area (Å²) in [4.78, 5) is 46.5. The molecule has 2 atom stereocenters. The van der Waals surface area contributed by atoms with Crippen molar-refractivity contribution in [1.82, 2.24) is 15.6 Å². The molecule has 0 saturated carbocycles. The van der Waals surface area contributed by atoms with E-state index in [9.17, 15) is 45.5 Å². The first kappa shape index (κ1) is 62.4. The number of carboxylic acids is 1. The number of aromatic nitrogens is 2. The highest BCUT2D eigenvalue weighted by Gasteiger charge is 2.39. The maximum absolute atomic E-state index is 13.1. The molecule has 0 fully saturated rings. The number of rotatable bonds is 19. The van der Waals surface area contributed by atoms with E-state index in [1.807, 2.05) is 62.3 Å². The number of amides is 1. The number of benzene rings is 2. The standard InChI is InChI=1S/C24H33F3N2O5.C15H16F3NO4.C9H19NO2.CH4/c1-7-9-15-17(12-11-16-20(15)34-29-21(16)24(25,26)27)32-13-8-10-18(30)28-19(14(2)3)22(31)33-23(4,5)6;1-2-4-9-11(22-8-3-5-12(20)21)7-6-10-13(9)23-19-14(10)15(16,17)18;1-6(2)7(10)8(11)12-9(3,4)5;/h11-12,14,19H,7-10,13H2,1-6H3,(H,28,30);6-7H,2-5,8H2,1H3,(H,20,21);6-7H,10H2,1-5H3;1H4. The molecule has 0 saturated heterocycles. The first-order chi connectivity index (χ1) is 31.8. The fourth-order valence-corrected chi connectivity index (χ4v) is 6.31. The van der Waals surface area contributed by atoms with Crippen molar-refractivity contribution in [2.24, 2.45) is 17.6 Å². The molecular weight excluding hydrogens is 935 g/mol. The zero-order valence-corrected chi connectivity index (χ0v) is 41.5. The van der Waals surface area contributed by atoms with Crippen LogP contribution >= 0.6 is 0 Å². The number of fused-ring (bicyclic) bond motifs is 2. The maximum Gasteiger partial charge on any atom is 0.437 e. The molecule has 4 N–H and O–H groups in total. The van der Waals surface area contributed by atoms with Crippen molar-refractivity contribution in [1.29, 1.82) is 0 Å². The summed E-state index contributed by atoms with van der Waals surface area (Å²) < 4.78 is 110. The molecule has 2 aromatic carbocycles. The van der Waals surface area contributed by atoms with Crippen LogP contribution in [0.4, 0.5) is 26.3 Å². The predicted octanol–water partition coefficient (Wildman–Crippen LogP) is 11.4. The number of ether oxygens (including phenoxy) is 4. The van der Waals surface area contributed by atoms with Gasteiger partial charge in [-0.25, -0.2) is 4.79 Å². The number of aryl methyl sites for hydroxylation is 2. The largest absolute Gasteiger partial charge is 0.493 e. The van der Waals surface area contributed by atoms with Gasteiger partial charge in [-0.3, -0.25) is 14.4 Å². The molecule has 21 heteroatoms. The van der Waals surface area contributed by atoms with Crippen LogP contribution in [0.25, 0.3) is 21.9 Å². The molecule has 2 heterocycles. The summed E-state index contributed by atoms with van der Waals surface area (Å²) in [5, 5.41) is 17.4. The van der Waals surface area contributed by atoms with E-state index in [1.165, 1.54) is 24.3 Å². The molecule has 2 aromatic heterocycles. The van der Waals surface area contributed by atoms with E-state index < -0.39 is 59.0 Å².